The van der Waals surface area contributed by atoms with E-state index in [1.54, 1.807) is 0 Å². The number of allylic oxidation sites excluding steroid dienone is 4. The van der Waals surface area contributed by atoms with Gasteiger partial charge in [0.05, 0.1) is 0 Å². The first-order valence-electron chi connectivity index (χ1n) is 17.4. The third kappa shape index (κ3) is 13.4. The Morgan fingerprint density at radius 2 is 1.16 bits per heavy atom. The van der Waals surface area contributed by atoms with Crippen LogP contribution in [0.3, 0.4) is 0 Å². The minimum Gasteiger partial charge on any atom is -0.303 e. The highest BCUT2D eigenvalue weighted by molar-refractivity contribution is 5.82. The van der Waals surface area contributed by atoms with Crippen LogP contribution in [-0.2, 0) is 19.2 Å². The van der Waals surface area contributed by atoms with Crippen LogP contribution in [0, 0.1) is 65.1 Å². The van der Waals surface area contributed by atoms with Crippen LogP contribution in [0.15, 0.2) is 23.3 Å². The van der Waals surface area contributed by atoms with E-state index >= 15 is 0 Å². The third-order valence-electron chi connectivity index (χ3n) is 10.8. The van der Waals surface area contributed by atoms with Crippen LogP contribution in [0.2, 0.25) is 0 Å². The van der Waals surface area contributed by atoms with E-state index in [4.69, 9.17) is 0 Å². The summed E-state index contributed by atoms with van der Waals surface area (Å²) in [6, 6.07) is 0. The van der Waals surface area contributed by atoms with Crippen LogP contribution in [-0.4, -0.2) is 24.1 Å². The fourth-order valence-corrected chi connectivity index (χ4v) is 7.05. The Morgan fingerprint density at radius 1 is 0.698 bits per heavy atom. The van der Waals surface area contributed by atoms with E-state index in [0.29, 0.717) is 64.8 Å². The Hall–Kier alpha value is -1.84. The van der Waals surface area contributed by atoms with E-state index in [9.17, 15) is 19.2 Å². The van der Waals surface area contributed by atoms with Crippen LogP contribution in [0.5, 0.6) is 0 Å². The molecule has 0 bridgehead atoms. The predicted molar refractivity (Wildman–Crippen MR) is 181 cm³/mol. The van der Waals surface area contributed by atoms with E-state index in [1.807, 2.05) is 0 Å². The van der Waals surface area contributed by atoms with Crippen molar-refractivity contribution < 1.29 is 19.2 Å². The molecule has 0 aromatic rings. The minimum absolute atomic E-state index is 0.258. The minimum atomic E-state index is 0.258. The standard InChI is InChI=1S/C10H16O.2C10H18O.C9H14O/c1-7-4-5-10(6-11)9(3)8(7)2;2*1-7(2)9-5-4-8(3)6-10(9)11;1-7-3-4-9(6-10)8(2)5-7/h4,6,8-10H,5H2,1-3H3;2*7-9H,4-6H2,1-3H3;5-6,8-9H,3-4H2,1-2H3. The topological polar surface area (TPSA) is 68.3 Å². The average molecular weight is 599 g/mol. The maximum absolute atomic E-state index is 11.4. The molecule has 4 nitrogen and oxygen atoms in total. The van der Waals surface area contributed by atoms with Gasteiger partial charge in [0.25, 0.3) is 0 Å². The summed E-state index contributed by atoms with van der Waals surface area (Å²) < 4.78 is 0. The van der Waals surface area contributed by atoms with Crippen molar-refractivity contribution in [1.29, 1.82) is 0 Å². The molecule has 2 saturated carbocycles. The lowest BCUT2D eigenvalue weighted by Gasteiger charge is -2.29. The van der Waals surface area contributed by atoms with Crippen LogP contribution < -0.4 is 0 Å². The van der Waals surface area contributed by atoms with Gasteiger partial charge in [0.2, 0.25) is 0 Å². The predicted octanol–water partition coefficient (Wildman–Crippen LogP) is 9.90. The Balaban J connectivity index is 0.000000287. The number of hydrogen-bond donors (Lipinski definition) is 0. The molecule has 0 N–H and O–H groups in total. The lowest BCUT2D eigenvalue weighted by atomic mass is 9.75. The lowest BCUT2D eigenvalue weighted by Crippen LogP contribution is -2.27. The molecule has 0 aromatic carbocycles. The van der Waals surface area contributed by atoms with Crippen molar-refractivity contribution in [1.82, 2.24) is 0 Å². The Morgan fingerprint density at radius 3 is 1.53 bits per heavy atom. The van der Waals surface area contributed by atoms with E-state index in [1.165, 1.54) is 24.0 Å². The number of carbonyl (C=O) groups is 4. The van der Waals surface area contributed by atoms with Gasteiger partial charge < -0.3 is 9.59 Å². The molecule has 0 radical (unpaired) electrons. The van der Waals surface area contributed by atoms with Crippen molar-refractivity contribution in [2.75, 3.05) is 0 Å². The molecular weight excluding hydrogens is 532 g/mol. The number of rotatable bonds is 4. The molecule has 0 amide bonds. The largest absolute Gasteiger partial charge is 0.303 e. The summed E-state index contributed by atoms with van der Waals surface area (Å²) in [5.41, 5.74) is 2.88. The van der Waals surface area contributed by atoms with Crippen molar-refractivity contribution >= 4 is 24.1 Å². The normalized spacial score (nSPS) is 34.3. The maximum Gasteiger partial charge on any atom is 0.136 e. The second-order valence-corrected chi connectivity index (χ2v) is 15.2. The van der Waals surface area contributed by atoms with Crippen LogP contribution in [0.25, 0.3) is 0 Å². The van der Waals surface area contributed by atoms with Gasteiger partial charge in [-0.05, 0) is 100 Å². The van der Waals surface area contributed by atoms with Gasteiger partial charge in [-0.25, -0.2) is 0 Å². The SMILES string of the molecule is CC1=CC(C)C(C=O)CC1.CC1=CCC(C=O)C(C)C1C.CC1CCC(C(C)C)C(=O)C1.CC1CCC(C(C)C)C(=O)C1. The highest BCUT2D eigenvalue weighted by Crippen LogP contribution is 2.33. The number of hydrogen-bond acceptors (Lipinski definition) is 4. The van der Waals surface area contributed by atoms with Crippen molar-refractivity contribution in [3.05, 3.63) is 23.3 Å². The summed E-state index contributed by atoms with van der Waals surface area (Å²) in [5.74, 6) is 6.22. The highest BCUT2D eigenvalue weighted by atomic mass is 16.1. The van der Waals surface area contributed by atoms with E-state index in [-0.39, 0.29) is 11.8 Å². The van der Waals surface area contributed by atoms with Gasteiger partial charge >= 0.3 is 0 Å². The molecule has 0 aromatic heterocycles. The van der Waals surface area contributed by atoms with Gasteiger partial charge in [0, 0.05) is 36.5 Å². The molecule has 4 aliphatic rings. The fourth-order valence-electron chi connectivity index (χ4n) is 7.05. The summed E-state index contributed by atoms with van der Waals surface area (Å²) >= 11 is 0. The quantitative estimate of drug-likeness (QED) is 0.238. The summed E-state index contributed by atoms with van der Waals surface area (Å²) in [6.07, 6.45) is 16.1. The summed E-state index contributed by atoms with van der Waals surface area (Å²) in [4.78, 5) is 43.9. The monoisotopic (exact) mass is 598 g/mol. The van der Waals surface area contributed by atoms with E-state index < -0.39 is 0 Å². The molecule has 9 atom stereocenters. The molecule has 0 saturated heterocycles. The smallest absolute Gasteiger partial charge is 0.136 e. The van der Waals surface area contributed by atoms with Gasteiger partial charge in [-0.3, -0.25) is 9.59 Å². The molecule has 4 rings (SSSR count). The number of aldehydes is 2. The zero-order chi connectivity index (χ0) is 32.9. The second kappa shape index (κ2) is 19.5. The molecule has 246 valence electrons. The van der Waals surface area contributed by atoms with E-state index in [0.717, 1.165) is 57.5 Å². The Labute approximate surface area is 265 Å². The summed E-state index contributed by atoms with van der Waals surface area (Å²) in [5, 5.41) is 0. The number of carbonyl (C=O) groups excluding carboxylic acids is 4. The summed E-state index contributed by atoms with van der Waals surface area (Å²) in [7, 11) is 0. The van der Waals surface area contributed by atoms with Gasteiger partial charge in [0.15, 0.2) is 0 Å². The van der Waals surface area contributed by atoms with Gasteiger partial charge in [-0.15, -0.1) is 0 Å². The Bertz CT molecular complexity index is 903. The van der Waals surface area contributed by atoms with Crippen molar-refractivity contribution in [2.45, 2.75) is 134 Å². The molecule has 4 heteroatoms. The molecule has 43 heavy (non-hydrogen) atoms. The van der Waals surface area contributed by atoms with Gasteiger partial charge in [0.1, 0.15) is 24.1 Å². The summed E-state index contributed by atoms with van der Waals surface area (Å²) in [6.45, 7) is 23.7. The van der Waals surface area contributed by atoms with Crippen molar-refractivity contribution in [3.8, 4) is 0 Å². The fraction of sp³-hybridized carbons (Fsp3) is 0.795. The second-order valence-electron chi connectivity index (χ2n) is 15.2. The zero-order valence-corrected chi connectivity index (χ0v) is 29.7. The molecule has 0 aliphatic heterocycles. The average Bonchev–Trinajstić information content (AvgIpc) is 2.92. The lowest BCUT2D eigenvalue weighted by molar-refractivity contribution is -0.128. The molecule has 2 fully saturated rings. The molecular formula is C39H66O4. The van der Waals surface area contributed by atoms with Crippen LogP contribution in [0.4, 0.5) is 0 Å². The maximum atomic E-state index is 11.4. The first kappa shape index (κ1) is 39.2. The highest BCUT2D eigenvalue weighted by Gasteiger charge is 2.29. The molecule has 0 spiro atoms. The van der Waals surface area contributed by atoms with Gasteiger partial charge in [-0.2, -0.15) is 0 Å². The van der Waals surface area contributed by atoms with Crippen LogP contribution >= 0.6 is 0 Å². The molecule has 0 heterocycles. The molecule has 4 aliphatic carbocycles. The third-order valence-corrected chi connectivity index (χ3v) is 10.8. The Kier molecular flexibility index (Phi) is 17.8. The van der Waals surface area contributed by atoms with Crippen LogP contribution in [0.1, 0.15) is 134 Å². The van der Waals surface area contributed by atoms with Gasteiger partial charge in [-0.1, -0.05) is 85.6 Å². The number of ketones is 2. The first-order valence-corrected chi connectivity index (χ1v) is 17.4. The number of Topliss-reactive ketones (excluding diaryl/α,β-unsaturated/α-hetero) is 2. The van der Waals surface area contributed by atoms with Crippen molar-refractivity contribution in [3.63, 3.8) is 0 Å². The van der Waals surface area contributed by atoms with Crippen molar-refractivity contribution in [2.24, 2.45) is 65.1 Å². The van der Waals surface area contributed by atoms with E-state index in [2.05, 4.69) is 88.3 Å². The first-order chi connectivity index (χ1) is 20.1. The zero-order valence-electron chi connectivity index (χ0n) is 29.7. The molecule has 9 unspecified atom stereocenters.